The maximum absolute atomic E-state index is 11.4. The molecule has 0 aliphatic carbocycles. The van der Waals surface area contributed by atoms with Gasteiger partial charge in [-0.3, -0.25) is 4.79 Å². The van der Waals surface area contributed by atoms with Gasteiger partial charge in [0.05, 0.1) is 0 Å². The summed E-state index contributed by atoms with van der Waals surface area (Å²) in [4.78, 5) is 21.0. The lowest BCUT2D eigenvalue weighted by atomic mass is 10.1. The summed E-state index contributed by atoms with van der Waals surface area (Å²) >= 11 is 3.12. The first-order chi connectivity index (χ1) is 7.02. The van der Waals surface area contributed by atoms with E-state index in [2.05, 4.69) is 15.9 Å². The molecule has 0 radical (unpaired) electrons. The lowest BCUT2D eigenvalue weighted by Gasteiger charge is -2.12. The predicted octanol–water partition coefficient (Wildman–Crippen LogP) is 0.804. The van der Waals surface area contributed by atoms with Gasteiger partial charge in [-0.1, -0.05) is 39.9 Å². The Hall–Kier alpha value is -1.62. The first-order valence-corrected chi connectivity index (χ1v) is 4.72. The molecule has 0 aromatic heterocycles. The van der Waals surface area contributed by atoms with Crippen LogP contribution in [0.2, 0.25) is 0 Å². The van der Waals surface area contributed by atoms with Crippen LogP contribution in [0, 0.1) is 0 Å². The van der Waals surface area contributed by atoms with Crippen LogP contribution >= 0.6 is 15.9 Å². The van der Waals surface area contributed by atoms with Crippen molar-refractivity contribution in [3.63, 3.8) is 0 Å². The SMILES string of the molecule is O=C(O)C(=O)/C=C(\[O-])c1ccccc1Br. The van der Waals surface area contributed by atoms with Gasteiger partial charge in [0, 0.05) is 4.47 Å². The van der Waals surface area contributed by atoms with Gasteiger partial charge < -0.3 is 10.2 Å². The van der Waals surface area contributed by atoms with Crippen LogP contribution in [-0.4, -0.2) is 16.9 Å². The molecule has 0 aliphatic rings. The lowest BCUT2D eigenvalue weighted by molar-refractivity contribution is -0.244. The highest BCUT2D eigenvalue weighted by atomic mass is 79.9. The third-order valence-electron chi connectivity index (χ3n) is 1.61. The average molecular weight is 270 g/mol. The normalized spacial score (nSPS) is 11.1. The second-order valence-corrected chi connectivity index (χ2v) is 3.51. The number of hydrogen-bond donors (Lipinski definition) is 1. The summed E-state index contributed by atoms with van der Waals surface area (Å²) in [7, 11) is 0. The van der Waals surface area contributed by atoms with E-state index in [0.717, 1.165) is 0 Å². The average Bonchev–Trinajstić information content (AvgIpc) is 2.18. The van der Waals surface area contributed by atoms with Crippen LogP contribution in [0.1, 0.15) is 5.56 Å². The van der Waals surface area contributed by atoms with E-state index >= 15 is 0 Å². The molecular formula is C10H6BrO4-. The number of carboxylic acids is 1. The maximum Gasteiger partial charge on any atom is 0.376 e. The van der Waals surface area contributed by atoms with Crippen molar-refractivity contribution >= 4 is 33.4 Å². The third kappa shape index (κ3) is 2.92. The van der Waals surface area contributed by atoms with E-state index in [1.54, 1.807) is 18.2 Å². The monoisotopic (exact) mass is 269 g/mol. The summed E-state index contributed by atoms with van der Waals surface area (Å²) in [6.07, 6.45) is 0.558. The van der Waals surface area contributed by atoms with E-state index in [1.807, 2.05) is 0 Å². The molecule has 5 heteroatoms. The Morgan fingerprint density at radius 3 is 2.47 bits per heavy atom. The molecule has 0 spiro atoms. The van der Waals surface area contributed by atoms with Crippen LogP contribution in [0.4, 0.5) is 0 Å². The maximum atomic E-state index is 11.4. The Morgan fingerprint density at radius 1 is 1.33 bits per heavy atom. The number of halogens is 1. The quantitative estimate of drug-likeness (QED) is 0.500. The summed E-state index contributed by atoms with van der Waals surface area (Å²) in [6, 6.07) is 6.46. The minimum absolute atomic E-state index is 0.257. The highest BCUT2D eigenvalue weighted by Crippen LogP contribution is 2.20. The molecule has 0 fully saturated rings. The van der Waals surface area contributed by atoms with Crippen LogP contribution in [0.25, 0.3) is 5.76 Å². The number of carbonyl (C=O) groups is 2. The molecule has 0 saturated carbocycles. The molecule has 1 aromatic rings. The summed E-state index contributed by atoms with van der Waals surface area (Å²) in [5, 5.41) is 19.7. The van der Waals surface area contributed by atoms with Crippen LogP contribution in [0.15, 0.2) is 34.8 Å². The fourth-order valence-electron chi connectivity index (χ4n) is 0.920. The zero-order chi connectivity index (χ0) is 11.4. The molecule has 0 saturated heterocycles. The van der Waals surface area contributed by atoms with E-state index in [0.29, 0.717) is 10.5 Å². The van der Waals surface area contributed by atoms with Crippen LogP contribution in [0.3, 0.4) is 0 Å². The smallest absolute Gasteiger partial charge is 0.376 e. The number of benzene rings is 1. The van der Waals surface area contributed by atoms with Gasteiger partial charge in [-0.15, -0.1) is 0 Å². The molecular weight excluding hydrogens is 264 g/mol. The highest BCUT2D eigenvalue weighted by molar-refractivity contribution is 9.10. The Kier molecular flexibility index (Phi) is 3.62. The first kappa shape index (κ1) is 11.5. The molecule has 0 bridgehead atoms. The van der Waals surface area contributed by atoms with Crippen molar-refractivity contribution in [3.8, 4) is 0 Å². The first-order valence-electron chi connectivity index (χ1n) is 3.93. The van der Waals surface area contributed by atoms with Gasteiger partial charge >= 0.3 is 5.97 Å². The van der Waals surface area contributed by atoms with E-state index < -0.39 is 17.5 Å². The summed E-state index contributed by atoms with van der Waals surface area (Å²) in [6.45, 7) is 0. The summed E-state index contributed by atoms with van der Waals surface area (Å²) in [5.41, 5.74) is 0.257. The van der Waals surface area contributed by atoms with Gasteiger partial charge in [0.15, 0.2) is 0 Å². The van der Waals surface area contributed by atoms with Crippen molar-refractivity contribution in [2.75, 3.05) is 0 Å². The van der Waals surface area contributed by atoms with Gasteiger partial charge in [0.1, 0.15) is 0 Å². The second kappa shape index (κ2) is 4.75. The fraction of sp³-hybridized carbons (Fsp3) is 0. The van der Waals surface area contributed by atoms with E-state index in [9.17, 15) is 14.7 Å². The van der Waals surface area contributed by atoms with E-state index in [-0.39, 0.29) is 5.56 Å². The Bertz CT molecular complexity index is 437. The molecule has 15 heavy (non-hydrogen) atoms. The lowest BCUT2D eigenvalue weighted by Crippen LogP contribution is -2.13. The molecule has 78 valence electrons. The fourth-order valence-corrected chi connectivity index (χ4v) is 1.40. The van der Waals surface area contributed by atoms with Crippen molar-refractivity contribution in [3.05, 3.63) is 40.4 Å². The zero-order valence-electron chi connectivity index (χ0n) is 7.44. The number of hydrogen-bond acceptors (Lipinski definition) is 3. The minimum Gasteiger partial charge on any atom is -0.872 e. The van der Waals surface area contributed by atoms with Crippen molar-refractivity contribution in [1.82, 2.24) is 0 Å². The van der Waals surface area contributed by atoms with Gasteiger partial charge in [-0.25, -0.2) is 4.79 Å². The zero-order valence-corrected chi connectivity index (χ0v) is 9.02. The molecule has 0 heterocycles. The summed E-state index contributed by atoms with van der Waals surface area (Å²) < 4.78 is 0.518. The molecule has 0 atom stereocenters. The molecule has 0 aliphatic heterocycles. The number of carboxylic acid groups (broad SMARTS) is 1. The molecule has 1 N–H and O–H groups in total. The number of aliphatic carboxylic acids is 1. The van der Waals surface area contributed by atoms with Crippen molar-refractivity contribution in [2.24, 2.45) is 0 Å². The van der Waals surface area contributed by atoms with Gasteiger partial charge in [-0.05, 0) is 17.7 Å². The van der Waals surface area contributed by atoms with Crippen LogP contribution in [0.5, 0.6) is 0 Å². The van der Waals surface area contributed by atoms with Crippen LogP contribution < -0.4 is 5.11 Å². The van der Waals surface area contributed by atoms with Gasteiger partial charge in [0.2, 0.25) is 0 Å². The highest BCUT2D eigenvalue weighted by Gasteiger charge is 2.07. The number of carbonyl (C=O) groups excluding carboxylic acids is 1. The molecule has 4 nitrogen and oxygen atoms in total. The minimum atomic E-state index is -1.64. The Balaban J connectivity index is 3.05. The molecule has 1 rings (SSSR count). The topological polar surface area (TPSA) is 77.4 Å². The molecule has 1 aromatic carbocycles. The Morgan fingerprint density at radius 2 is 1.93 bits per heavy atom. The van der Waals surface area contributed by atoms with Gasteiger partial charge in [0.25, 0.3) is 5.78 Å². The standard InChI is InChI=1S/C10H7BrO4/c11-7-4-2-1-3-6(7)8(12)5-9(13)10(14)15/h1-5,12H,(H,14,15)/p-1/b8-5-. The second-order valence-electron chi connectivity index (χ2n) is 2.66. The molecule has 0 unspecified atom stereocenters. The van der Waals surface area contributed by atoms with Crippen molar-refractivity contribution < 1.29 is 19.8 Å². The third-order valence-corrected chi connectivity index (χ3v) is 2.30. The van der Waals surface area contributed by atoms with Crippen LogP contribution in [-0.2, 0) is 9.59 Å². The van der Waals surface area contributed by atoms with Crippen molar-refractivity contribution in [2.45, 2.75) is 0 Å². The number of rotatable bonds is 3. The summed E-state index contributed by atoms with van der Waals surface area (Å²) in [5.74, 6) is -3.50. The Labute approximate surface area is 94.0 Å². The number of ketones is 1. The molecule has 0 amide bonds. The van der Waals surface area contributed by atoms with E-state index in [4.69, 9.17) is 5.11 Å². The van der Waals surface area contributed by atoms with Crippen molar-refractivity contribution in [1.29, 1.82) is 0 Å². The largest absolute Gasteiger partial charge is 0.872 e. The predicted molar refractivity (Wildman–Crippen MR) is 54.8 cm³/mol. The van der Waals surface area contributed by atoms with E-state index in [1.165, 1.54) is 6.07 Å². The van der Waals surface area contributed by atoms with Gasteiger partial charge in [-0.2, -0.15) is 0 Å².